The van der Waals surface area contributed by atoms with Crippen molar-refractivity contribution in [3.05, 3.63) is 48.2 Å². The summed E-state index contributed by atoms with van der Waals surface area (Å²) in [5.74, 6) is 1.02. The van der Waals surface area contributed by atoms with Crippen LogP contribution in [0.25, 0.3) is 32.9 Å². The molecule has 2 heterocycles. The lowest BCUT2D eigenvalue weighted by Gasteiger charge is -2.13. The standard InChI is InChI=1S/C22H21N3O2/c1-12-6-9-18(27-2)16(10-12)14-4-3-5-15-20(23)19-17(24-21(14)15)11-25(22(19)26)13-7-8-13/h3-6,9-11,13,26H,7-8,23H2,1-2H3. The quantitative estimate of drug-likeness (QED) is 0.551. The van der Waals surface area contributed by atoms with Crippen molar-refractivity contribution in [3.8, 4) is 22.8 Å². The molecule has 136 valence electrons. The maximum atomic E-state index is 10.7. The number of aromatic nitrogens is 2. The molecule has 0 aliphatic heterocycles. The van der Waals surface area contributed by atoms with Gasteiger partial charge in [0, 0.05) is 28.8 Å². The highest BCUT2D eigenvalue weighted by Crippen LogP contribution is 2.45. The normalized spacial score (nSPS) is 14.1. The summed E-state index contributed by atoms with van der Waals surface area (Å²) >= 11 is 0. The SMILES string of the molecule is COc1ccc(C)cc1-c1cccc2c(N)c3c(O)n(C4CC4)cc3nc12. The third-order valence-corrected chi connectivity index (χ3v) is 5.40. The van der Waals surface area contributed by atoms with Crippen molar-refractivity contribution in [2.75, 3.05) is 12.8 Å². The van der Waals surface area contributed by atoms with Crippen LogP contribution in [-0.4, -0.2) is 21.8 Å². The highest BCUT2D eigenvalue weighted by molar-refractivity contribution is 6.12. The summed E-state index contributed by atoms with van der Waals surface area (Å²) in [5, 5.41) is 12.1. The van der Waals surface area contributed by atoms with Gasteiger partial charge in [-0.3, -0.25) is 0 Å². The van der Waals surface area contributed by atoms with E-state index in [1.165, 1.54) is 0 Å². The number of aryl methyl sites for hydroxylation is 1. The number of para-hydroxylation sites is 1. The number of fused-ring (bicyclic) bond motifs is 2. The number of nitrogens with zero attached hydrogens (tertiary/aromatic N) is 2. The Bertz CT molecular complexity index is 1210. The van der Waals surface area contributed by atoms with Crippen LogP contribution in [0.5, 0.6) is 11.6 Å². The second-order valence-electron chi connectivity index (χ2n) is 7.28. The van der Waals surface area contributed by atoms with Gasteiger partial charge in [0.05, 0.1) is 29.2 Å². The lowest BCUT2D eigenvalue weighted by atomic mass is 9.98. The molecule has 0 saturated heterocycles. The van der Waals surface area contributed by atoms with Crippen molar-refractivity contribution in [2.45, 2.75) is 25.8 Å². The van der Waals surface area contributed by atoms with Gasteiger partial charge in [-0.25, -0.2) is 4.98 Å². The van der Waals surface area contributed by atoms with Gasteiger partial charge < -0.3 is 20.1 Å². The fraction of sp³-hybridized carbons (Fsp3) is 0.227. The average molecular weight is 359 g/mol. The predicted molar refractivity (Wildman–Crippen MR) is 108 cm³/mol. The number of ether oxygens (including phenoxy) is 1. The van der Waals surface area contributed by atoms with Crippen molar-refractivity contribution in [1.82, 2.24) is 9.55 Å². The van der Waals surface area contributed by atoms with Crippen molar-refractivity contribution in [1.29, 1.82) is 0 Å². The van der Waals surface area contributed by atoms with E-state index in [9.17, 15) is 5.11 Å². The first-order chi connectivity index (χ1) is 13.1. The zero-order chi connectivity index (χ0) is 18.7. The molecule has 0 unspecified atom stereocenters. The molecule has 2 aromatic carbocycles. The first-order valence-corrected chi connectivity index (χ1v) is 9.15. The molecule has 27 heavy (non-hydrogen) atoms. The number of aromatic hydroxyl groups is 1. The number of rotatable bonds is 3. The topological polar surface area (TPSA) is 73.3 Å². The zero-order valence-electron chi connectivity index (χ0n) is 15.4. The first-order valence-electron chi connectivity index (χ1n) is 9.15. The number of anilines is 1. The molecule has 5 rings (SSSR count). The van der Waals surface area contributed by atoms with Gasteiger partial charge in [-0.15, -0.1) is 0 Å². The van der Waals surface area contributed by atoms with Crippen LogP contribution in [0.2, 0.25) is 0 Å². The van der Waals surface area contributed by atoms with Crippen LogP contribution >= 0.6 is 0 Å². The second kappa shape index (κ2) is 5.64. The molecular weight excluding hydrogens is 338 g/mol. The van der Waals surface area contributed by atoms with Crippen molar-refractivity contribution in [3.63, 3.8) is 0 Å². The lowest BCUT2D eigenvalue weighted by molar-refractivity contribution is 0.416. The van der Waals surface area contributed by atoms with E-state index in [2.05, 4.69) is 13.0 Å². The van der Waals surface area contributed by atoms with Gasteiger partial charge in [0.25, 0.3) is 0 Å². The van der Waals surface area contributed by atoms with E-state index in [1.807, 2.05) is 41.1 Å². The van der Waals surface area contributed by atoms with Gasteiger partial charge in [-0.1, -0.05) is 29.8 Å². The number of hydrogen-bond donors (Lipinski definition) is 2. The van der Waals surface area contributed by atoms with E-state index in [-0.39, 0.29) is 5.88 Å². The smallest absolute Gasteiger partial charge is 0.203 e. The summed E-state index contributed by atoms with van der Waals surface area (Å²) in [6.45, 7) is 2.06. The number of benzene rings is 2. The Morgan fingerprint density at radius 1 is 1.19 bits per heavy atom. The number of hydrogen-bond acceptors (Lipinski definition) is 4. The van der Waals surface area contributed by atoms with Crippen LogP contribution in [0.15, 0.2) is 42.6 Å². The van der Waals surface area contributed by atoms with Crippen molar-refractivity contribution < 1.29 is 9.84 Å². The monoisotopic (exact) mass is 359 g/mol. The second-order valence-corrected chi connectivity index (χ2v) is 7.28. The Morgan fingerprint density at radius 3 is 2.74 bits per heavy atom. The summed E-state index contributed by atoms with van der Waals surface area (Å²) in [6.07, 6.45) is 4.09. The zero-order valence-corrected chi connectivity index (χ0v) is 15.4. The van der Waals surface area contributed by atoms with Crippen molar-refractivity contribution >= 4 is 27.5 Å². The molecule has 4 aromatic rings. The van der Waals surface area contributed by atoms with E-state index < -0.39 is 0 Å². The Balaban J connectivity index is 1.85. The van der Waals surface area contributed by atoms with Crippen LogP contribution in [0.4, 0.5) is 5.69 Å². The van der Waals surface area contributed by atoms with Crippen LogP contribution in [0.1, 0.15) is 24.4 Å². The van der Waals surface area contributed by atoms with E-state index in [4.69, 9.17) is 15.5 Å². The highest BCUT2D eigenvalue weighted by Gasteiger charge is 2.28. The largest absolute Gasteiger partial charge is 0.496 e. The Morgan fingerprint density at radius 2 is 2.00 bits per heavy atom. The van der Waals surface area contributed by atoms with Crippen LogP contribution < -0.4 is 10.5 Å². The van der Waals surface area contributed by atoms with Crippen LogP contribution in [0, 0.1) is 6.92 Å². The average Bonchev–Trinajstić information content (AvgIpc) is 3.45. The molecule has 0 spiro atoms. The number of methoxy groups -OCH3 is 1. The molecule has 1 fully saturated rings. The molecular formula is C22H21N3O2. The molecule has 2 aromatic heterocycles. The summed E-state index contributed by atoms with van der Waals surface area (Å²) in [7, 11) is 1.67. The van der Waals surface area contributed by atoms with E-state index in [0.717, 1.165) is 51.7 Å². The maximum absolute atomic E-state index is 10.7. The fourth-order valence-electron chi connectivity index (χ4n) is 3.86. The number of nitrogens with two attached hydrogens (primary N) is 1. The predicted octanol–water partition coefficient (Wildman–Crippen LogP) is 4.80. The van der Waals surface area contributed by atoms with E-state index >= 15 is 0 Å². The lowest BCUT2D eigenvalue weighted by Crippen LogP contribution is -1.95. The van der Waals surface area contributed by atoms with Gasteiger partial charge in [0.2, 0.25) is 5.88 Å². The molecule has 5 nitrogen and oxygen atoms in total. The van der Waals surface area contributed by atoms with E-state index in [1.54, 1.807) is 7.11 Å². The summed E-state index contributed by atoms with van der Waals surface area (Å²) in [6, 6.07) is 12.4. The molecule has 1 aliphatic carbocycles. The Labute approximate surface area is 157 Å². The maximum Gasteiger partial charge on any atom is 0.203 e. The Hall–Kier alpha value is -3.21. The number of pyridine rings is 1. The molecule has 3 N–H and O–H groups in total. The number of nitrogen functional groups attached to an aromatic ring is 1. The molecule has 1 saturated carbocycles. The molecule has 0 radical (unpaired) electrons. The minimum absolute atomic E-state index is 0.220. The molecule has 5 heteroatoms. The van der Waals surface area contributed by atoms with Gasteiger partial charge in [-0.05, 0) is 31.9 Å². The van der Waals surface area contributed by atoms with Gasteiger partial charge in [0.15, 0.2) is 0 Å². The Kier molecular flexibility index (Phi) is 3.34. The van der Waals surface area contributed by atoms with Gasteiger partial charge >= 0.3 is 0 Å². The molecule has 0 atom stereocenters. The summed E-state index contributed by atoms with van der Waals surface area (Å²) in [4.78, 5) is 4.90. The third-order valence-electron chi connectivity index (χ3n) is 5.40. The first kappa shape index (κ1) is 16.0. The van der Waals surface area contributed by atoms with Gasteiger partial charge in [0.1, 0.15) is 5.75 Å². The van der Waals surface area contributed by atoms with Crippen molar-refractivity contribution in [2.24, 2.45) is 0 Å². The minimum Gasteiger partial charge on any atom is -0.496 e. The molecule has 0 bridgehead atoms. The fourth-order valence-corrected chi connectivity index (χ4v) is 3.86. The third kappa shape index (κ3) is 2.35. The summed E-state index contributed by atoms with van der Waals surface area (Å²) < 4.78 is 7.48. The van der Waals surface area contributed by atoms with Crippen LogP contribution in [0.3, 0.4) is 0 Å². The van der Waals surface area contributed by atoms with Crippen LogP contribution in [-0.2, 0) is 0 Å². The van der Waals surface area contributed by atoms with E-state index in [0.29, 0.717) is 17.1 Å². The van der Waals surface area contributed by atoms with Gasteiger partial charge in [-0.2, -0.15) is 0 Å². The molecule has 1 aliphatic rings. The highest BCUT2D eigenvalue weighted by atomic mass is 16.5. The summed E-state index contributed by atoms with van der Waals surface area (Å²) in [5.41, 5.74) is 11.7. The minimum atomic E-state index is 0.220. The molecule has 0 amide bonds.